The number of nitrogens with zero attached hydrogens (tertiary/aromatic N) is 5. The van der Waals surface area contributed by atoms with Crippen LogP contribution in [0.25, 0.3) is 11.3 Å². The van der Waals surface area contributed by atoms with Gasteiger partial charge in [0.1, 0.15) is 0 Å². The summed E-state index contributed by atoms with van der Waals surface area (Å²) >= 11 is 0. The summed E-state index contributed by atoms with van der Waals surface area (Å²) in [7, 11) is 3.66. The van der Waals surface area contributed by atoms with Crippen LogP contribution in [0.2, 0.25) is 0 Å². The summed E-state index contributed by atoms with van der Waals surface area (Å²) in [6, 6.07) is 21.4. The summed E-state index contributed by atoms with van der Waals surface area (Å²) in [6.07, 6.45) is 0.345. The lowest BCUT2D eigenvalue weighted by atomic mass is 10.0. The number of piperidine rings is 1. The Morgan fingerprint density at radius 3 is 2.32 bits per heavy atom. The number of likely N-dealkylation sites (N-methyl/N-ethyl adjacent to an activating group) is 1. The molecule has 59 heavy (non-hydrogen) atoms. The highest BCUT2D eigenvalue weighted by atomic mass is 19.4. The number of nitrogens with one attached hydrogen (secondary N) is 3. The Bertz CT molecular complexity index is 2050. The number of amides is 4. The Labute approximate surface area is 343 Å². The molecule has 2 fully saturated rings. The predicted octanol–water partition coefficient (Wildman–Crippen LogP) is 6.35. The maximum absolute atomic E-state index is 13.8. The molecule has 4 amide bonds. The minimum atomic E-state index is -4.49. The average molecular weight is 815 g/mol. The van der Waals surface area contributed by atoms with E-state index in [4.69, 9.17) is 4.74 Å². The van der Waals surface area contributed by atoms with Crippen LogP contribution in [0.5, 0.6) is 0 Å². The van der Waals surface area contributed by atoms with E-state index in [-0.39, 0.29) is 24.0 Å². The SMILES string of the molecule is COCCNC(=O)N1CCN(CCN(C)Cc2cccc(C(=O)Nc3ccc(N4CCCCC4)cc3-c3cc(C(=O)NCc4cccc(C(F)(F)F)c4)ccn3)c2)CC1. The molecule has 3 aromatic carbocycles. The Morgan fingerprint density at radius 1 is 0.814 bits per heavy atom. The molecule has 0 spiro atoms. The van der Waals surface area contributed by atoms with Crippen LogP contribution in [0.3, 0.4) is 0 Å². The van der Waals surface area contributed by atoms with Gasteiger partial charge in [-0.05, 0) is 92.0 Å². The molecule has 1 aromatic heterocycles. The predicted molar refractivity (Wildman–Crippen MR) is 222 cm³/mol. The van der Waals surface area contributed by atoms with Crippen molar-refractivity contribution in [3.8, 4) is 11.3 Å². The number of benzene rings is 3. The lowest BCUT2D eigenvalue weighted by Gasteiger charge is -2.35. The first-order chi connectivity index (χ1) is 28.5. The first-order valence-corrected chi connectivity index (χ1v) is 20.1. The number of hydrogen-bond acceptors (Lipinski definition) is 8. The number of aromatic nitrogens is 1. The van der Waals surface area contributed by atoms with E-state index >= 15 is 0 Å². The number of halogens is 3. The van der Waals surface area contributed by atoms with Crippen LogP contribution in [0.1, 0.15) is 56.7 Å². The molecule has 0 radical (unpaired) electrons. The second-order valence-corrected chi connectivity index (χ2v) is 15.0. The van der Waals surface area contributed by atoms with Gasteiger partial charge >= 0.3 is 12.2 Å². The molecule has 3 heterocycles. The zero-order valence-electron chi connectivity index (χ0n) is 33.7. The third-order valence-electron chi connectivity index (χ3n) is 10.7. The number of urea groups is 1. The van der Waals surface area contributed by atoms with Gasteiger partial charge in [0.2, 0.25) is 0 Å². The van der Waals surface area contributed by atoms with Gasteiger partial charge in [-0.3, -0.25) is 19.5 Å². The molecule has 0 unspecified atom stereocenters. The van der Waals surface area contributed by atoms with Crippen molar-refractivity contribution in [1.82, 2.24) is 30.3 Å². The van der Waals surface area contributed by atoms with Gasteiger partial charge in [-0.25, -0.2) is 4.79 Å². The van der Waals surface area contributed by atoms with Gasteiger partial charge in [0.05, 0.1) is 23.6 Å². The molecular weight excluding hydrogens is 762 g/mol. The van der Waals surface area contributed by atoms with E-state index in [1.165, 1.54) is 24.8 Å². The molecule has 2 saturated heterocycles. The molecular formula is C44H53F3N8O4. The number of pyridine rings is 1. The zero-order chi connectivity index (χ0) is 41.8. The minimum absolute atomic E-state index is 0.0587. The van der Waals surface area contributed by atoms with Crippen LogP contribution in [0, 0.1) is 0 Å². The Hall–Kier alpha value is -5.51. The van der Waals surface area contributed by atoms with E-state index in [2.05, 4.69) is 42.7 Å². The normalized spacial score (nSPS) is 14.9. The number of hydrogen-bond donors (Lipinski definition) is 3. The first-order valence-electron chi connectivity index (χ1n) is 20.1. The topological polar surface area (TPSA) is 122 Å². The van der Waals surface area contributed by atoms with Crippen molar-refractivity contribution in [3.63, 3.8) is 0 Å². The molecule has 0 saturated carbocycles. The summed E-state index contributed by atoms with van der Waals surface area (Å²) in [5.41, 5.74) is 3.92. The van der Waals surface area contributed by atoms with E-state index in [1.807, 2.05) is 41.3 Å². The summed E-state index contributed by atoms with van der Waals surface area (Å²) in [6.45, 7) is 7.97. The molecule has 3 N–H and O–H groups in total. The van der Waals surface area contributed by atoms with Crippen molar-refractivity contribution in [2.75, 3.05) is 89.9 Å². The Balaban J connectivity index is 1.10. The highest BCUT2D eigenvalue weighted by molar-refractivity contribution is 6.06. The Kier molecular flexibility index (Phi) is 14.9. The maximum atomic E-state index is 13.8. The van der Waals surface area contributed by atoms with Crippen molar-refractivity contribution in [1.29, 1.82) is 0 Å². The Morgan fingerprint density at radius 2 is 1.56 bits per heavy atom. The molecule has 314 valence electrons. The number of anilines is 2. The average Bonchev–Trinajstić information content (AvgIpc) is 3.25. The molecule has 2 aliphatic heterocycles. The van der Waals surface area contributed by atoms with Crippen molar-refractivity contribution < 1.29 is 32.3 Å². The molecule has 15 heteroatoms. The highest BCUT2D eigenvalue weighted by Crippen LogP contribution is 2.34. The fourth-order valence-corrected chi connectivity index (χ4v) is 7.32. The molecule has 6 rings (SSSR count). The van der Waals surface area contributed by atoms with E-state index in [0.717, 1.165) is 75.5 Å². The monoisotopic (exact) mass is 814 g/mol. The van der Waals surface area contributed by atoms with Gasteiger partial charge in [-0.1, -0.05) is 24.3 Å². The molecule has 12 nitrogen and oxygen atoms in total. The summed E-state index contributed by atoms with van der Waals surface area (Å²) in [5, 5.41) is 8.70. The maximum Gasteiger partial charge on any atom is 0.416 e. The lowest BCUT2D eigenvalue weighted by molar-refractivity contribution is -0.137. The third kappa shape index (κ3) is 12.3. The van der Waals surface area contributed by atoms with E-state index in [1.54, 1.807) is 25.3 Å². The standard InChI is InChI=1S/C44H53F3N8O4/c1-52(19-20-53-21-23-55(24-22-53)43(58)49-16-25-59-2)31-33-9-6-10-34(26-33)42(57)51-39-13-12-37(54-17-4-3-5-18-54)29-38(39)40-28-35(14-15-48-40)41(56)50-30-32-8-7-11-36(27-32)44(45,46)47/h6-15,26-29H,3-5,16-25,30-31H2,1-2H3,(H,49,58)(H,50,56)(H,51,57). The van der Waals surface area contributed by atoms with Crippen molar-refractivity contribution in [2.45, 2.75) is 38.5 Å². The van der Waals surface area contributed by atoms with Crippen LogP contribution in [0.15, 0.2) is 85.1 Å². The largest absolute Gasteiger partial charge is 0.416 e. The number of piperazine rings is 1. The highest BCUT2D eigenvalue weighted by Gasteiger charge is 2.30. The van der Waals surface area contributed by atoms with Crippen LogP contribution >= 0.6 is 0 Å². The quantitative estimate of drug-likeness (QED) is 0.119. The second-order valence-electron chi connectivity index (χ2n) is 15.0. The van der Waals surface area contributed by atoms with Gasteiger partial charge in [0.25, 0.3) is 11.8 Å². The number of carbonyl (C=O) groups is 3. The minimum Gasteiger partial charge on any atom is -0.383 e. The van der Waals surface area contributed by atoms with Gasteiger partial charge in [0.15, 0.2) is 0 Å². The van der Waals surface area contributed by atoms with Crippen LogP contribution in [0.4, 0.5) is 29.3 Å². The third-order valence-corrected chi connectivity index (χ3v) is 10.7. The summed E-state index contributed by atoms with van der Waals surface area (Å²) < 4.78 is 44.8. The van der Waals surface area contributed by atoms with Gasteiger partial charge in [0, 0.05) is 108 Å². The van der Waals surface area contributed by atoms with Crippen molar-refractivity contribution >= 4 is 29.2 Å². The van der Waals surface area contributed by atoms with E-state index < -0.39 is 17.6 Å². The van der Waals surface area contributed by atoms with Crippen LogP contribution in [-0.2, 0) is 24.0 Å². The number of ether oxygens (including phenoxy) is 1. The van der Waals surface area contributed by atoms with Crippen molar-refractivity contribution in [3.05, 3.63) is 113 Å². The number of methoxy groups -OCH3 is 1. The number of alkyl halides is 3. The summed E-state index contributed by atoms with van der Waals surface area (Å²) in [4.78, 5) is 52.8. The molecule has 0 atom stereocenters. The smallest absolute Gasteiger partial charge is 0.383 e. The summed E-state index contributed by atoms with van der Waals surface area (Å²) in [5.74, 6) is -0.757. The van der Waals surface area contributed by atoms with Gasteiger partial charge < -0.3 is 35.4 Å². The first kappa shape index (κ1) is 43.1. The molecule has 4 aromatic rings. The molecule has 0 aliphatic carbocycles. The fraction of sp³-hybridized carbons (Fsp3) is 0.409. The van der Waals surface area contributed by atoms with Gasteiger partial charge in [-0.2, -0.15) is 13.2 Å². The van der Waals surface area contributed by atoms with Crippen molar-refractivity contribution in [2.24, 2.45) is 0 Å². The van der Waals surface area contributed by atoms with Crippen LogP contribution < -0.4 is 20.9 Å². The number of rotatable bonds is 15. The fourth-order valence-electron chi connectivity index (χ4n) is 7.32. The zero-order valence-corrected chi connectivity index (χ0v) is 33.7. The van der Waals surface area contributed by atoms with Crippen LogP contribution in [-0.4, -0.2) is 117 Å². The lowest BCUT2D eigenvalue weighted by Crippen LogP contribution is -2.53. The molecule has 0 bridgehead atoms. The van der Waals surface area contributed by atoms with E-state index in [9.17, 15) is 27.6 Å². The second kappa shape index (κ2) is 20.5. The van der Waals surface area contributed by atoms with Gasteiger partial charge in [-0.15, -0.1) is 0 Å². The molecule has 2 aliphatic rings. The van der Waals surface area contributed by atoms with E-state index in [0.29, 0.717) is 60.9 Å². The number of carbonyl (C=O) groups excluding carboxylic acids is 3.